The van der Waals surface area contributed by atoms with Crippen LogP contribution in [-0.2, 0) is 11.2 Å². The maximum absolute atomic E-state index is 12.3. The normalized spacial score (nSPS) is 12.2. The quantitative estimate of drug-likeness (QED) is 0.508. The Morgan fingerprint density at radius 1 is 1.07 bits per heavy atom. The molecule has 164 valence electrons. The molecule has 0 aliphatic heterocycles. The van der Waals surface area contributed by atoms with Crippen molar-refractivity contribution >= 4 is 12.2 Å². The number of likely N-dealkylation sites (N-methyl/N-ethyl adjacent to an activating group) is 1. The molecule has 1 aromatic rings. The number of hydrogen-bond acceptors (Lipinski definition) is 4. The molecule has 0 saturated carbocycles. The second-order valence-corrected chi connectivity index (χ2v) is 8.64. The van der Waals surface area contributed by atoms with E-state index in [4.69, 9.17) is 9.47 Å². The Labute approximate surface area is 176 Å². The first-order valence-corrected chi connectivity index (χ1v) is 10.5. The minimum Gasteiger partial charge on any atom is -0.444 e. The van der Waals surface area contributed by atoms with E-state index in [9.17, 15) is 9.59 Å². The highest BCUT2D eigenvalue weighted by molar-refractivity contribution is 5.70. The van der Waals surface area contributed by atoms with Crippen LogP contribution in [0.3, 0.4) is 0 Å². The first-order valence-electron chi connectivity index (χ1n) is 10.5. The van der Waals surface area contributed by atoms with Gasteiger partial charge in [-0.15, -0.1) is 0 Å². The van der Waals surface area contributed by atoms with Crippen LogP contribution >= 0.6 is 0 Å². The zero-order chi connectivity index (χ0) is 22.0. The predicted molar refractivity (Wildman–Crippen MR) is 116 cm³/mol. The van der Waals surface area contributed by atoms with Gasteiger partial charge in [-0.3, -0.25) is 0 Å². The third-order valence-corrected chi connectivity index (χ3v) is 4.64. The molecule has 6 heteroatoms. The number of ether oxygens (including phenoxy) is 2. The zero-order valence-electron chi connectivity index (χ0n) is 19.2. The van der Waals surface area contributed by atoms with E-state index in [1.54, 1.807) is 30.0 Å². The Hall–Kier alpha value is -2.24. The standard InChI is InChI=1S/C23H38N2O4/c1-8-9-10-11-15-24(6)21(26)28-20-14-12-13-19(17-20)16-18(2)25(7)22(27)29-23(3,4)5/h12-14,17-18H,8-11,15-16H2,1-7H3/t18-/m0/s1. The van der Waals surface area contributed by atoms with Crippen molar-refractivity contribution in [2.45, 2.75) is 78.4 Å². The minimum atomic E-state index is -0.526. The van der Waals surface area contributed by atoms with E-state index in [1.807, 2.05) is 45.9 Å². The molecule has 1 atom stereocenters. The molecule has 2 amide bonds. The summed E-state index contributed by atoms with van der Waals surface area (Å²) < 4.78 is 10.9. The highest BCUT2D eigenvalue weighted by atomic mass is 16.6. The lowest BCUT2D eigenvalue weighted by molar-refractivity contribution is 0.0236. The fraction of sp³-hybridized carbons (Fsp3) is 0.652. The van der Waals surface area contributed by atoms with Crippen molar-refractivity contribution in [1.29, 1.82) is 0 Å². The first-order chi connectivity index (χ1) is 13.5. The zero-order valence-corrected chi connectivity index (χ0v) is 19.2. The highest BCUT2D eigenvalue weighted by Gasteiger charge is 2.23. The molecule has 0 aliphatic rings. The summed E-state index contributed by atoms with van der Waals surface area (Å²) in [5, 5.41) is 0. The van der Waals surface area contributed by atoms with Crippen LogP contribution in [0.1, 0.15) is 65.9 Å². The molecule has 0 N–H and O–H groups in total. The molecule has 0 spiro atoms. The van der Waals surface area contributed by atoms with E-state index in [-0.39, 0.29) is 18.2 Å². The van der Waals surface area contributed by atoms with E-state index >= 15 is 0 Å². The number of nitrogens with zero attached hydrogens (tertiary/aromatic N) is 2. The lowest BCUT2D eigenvalue weighted by atomic mass is 10.1. The van der Waals surface area contributed by atoms with Crippen LogP contribution in [0.2, 0.25) is 0 Å². The molecule has 0 bridgehead atoms. The average molecular weight is 407 g/mol. The van der Waals surface area contributed by atoms with Gasteiger partial charge in [-0.25, -0.2) is 9.59 Å². The smallest absolute Gasteiger partial charge is 0.414 e. The summed E-state index contributed by atoms with van der Waals surface area (Å²) in [6.07, 6.45) is 4.38. The summed E-state index contributed by atoms with van der Waals surface area (Å²) in [5.41, 5.74) is 0.464. The summed E-state index contributed by atoms with van der Waals surface area (Å²) in [6.45, 7) is 10.4. The van der Waals surface area contributed by atoms with Gasteiger partial charge in [-0.2, -0.15) is 0 Å². The molecule has 0 unspecified atom stereocenters. The summed E-state index contributed by atoms with van der Waals surface area (Å²) in [6, 6.07) is 7.39. The molecule has 1 aromatic carbocycles. The topological polar surface area (TPSA) is 59.1 Å². The Morgan fingerprint density at radius 2 is 1.76 bits per heavy atom. The number of carbonyl (C=O) groups excluding carboxylic acids is 2. The lowest BCUT2D eigenvalue weighted by Crippen LogP contribution is -2.40. The number of rotatable bonds is 9. The number of unbranched alkanes of at least 4 members (excludes halogenated alkanes) is 3. The van der Waals surface area contributed by atoms with E-state index in [2.05, 4.69) is 6.92 Å². The van der Waals surface area contributed by atoms with Crippen molar-refractivity contribution in [2.24, 2.45) is 0 Å². The van der Waals surface area contributed by atoms with E-state index in [0.29, 0.717) is 18.7 Å². The molecule has 0 aromatic heterocycles. The van der Waals surface area contributed by atoms with Crippen molar-refractivity contribution in [1.82, 2.24) is 9.80 Å². The van der Waals surface area contributed by atoms with Crippen LogP contribution in [0.5, 0.6) is 5.75 Å². The summed E-state index contributed by atoms with van der Waals surface area (Å²) in [5.74, 6) is 0.514. The second kappa shape index (κ2) is 11.7. The van der Waals surface area contributed by atoms with Crippen molar-refractivity contribution in [3.8, 4) is 5.75 Å². The van der Waals surface area contributed by atoms with Crippen molar-refractivity contribution in [3.63, 3.8) is 0 Å². The fourth-order valence-corrected chi connectivity index (χ4v) is 2.77. The molecule has 0 heterocycles. The van der Waals surface area contributed by atoms with Gasteiger partial charge in [0.2, 0.25) is 0 Å². The third kappa shape index (κ3) is 9.68. The Bertz CT molecular complexity index is 655. The van der Waals surface area contributed by atoms with Gasteiger partial charge in [0.15, 0.2) is 0 Å². The Morgan fingerprint density at radius 3 is 2.38 bits per heavy atom. The molecule has 6 nitrogen and oxygen atoms in total. The second-order valence-electron chi connectivity index (χ2n) is 8.64. The summed E-state index contributed by atoms with van der Waals surface area (Å²) >= 11 is 0. The SMILES string of the molecule is CCCCCCN(C)C(=O)Oc1cccc(C[C@H](C)N(C)C(=O)OC(C)(C)C)c1. The fourth-order valence-electron chi connectivity index (χ4n) is 2.77. The molecule has 1 rings (SSSR count). The van der Waals surface area contributed by atoms with Crippen LogP contribution in [0.15, 0.2) is 24.3 Å². The molecule has 0 aliphatic carbocycles. The van der Waals surface area contributed by atoms with Gasteiger partial charge in [-0.05, 0) is 58.2 Å². The van der Waals surface area contributed by atoms with Crippen molar-refractivity contribution in [3.05, 3.63) is 29.8 Å². The summed E-state index contributed by atoms with van der Waals surface area (Å²) in [7, 11) is 3.49. The van der Waals surface area contributed by atoms with E-state index < -0.39 is 5.60 Å². The average Bonchev–Trinajstić information content (AvgIpc) is 2.63. The maximum Gasteiger partial charge on any atom is 0.414 e. The van der Waals surface area contributed by atoms with Crippen LogP contribution < -0.4 is 4.74 Å². The van der Waals surface area contributed by atoms with Crippen LogP contribution in [0, 0.1) is 0 Å². The number of benzene rings is 1. The molecule has 0 fully saturated rings. The molecule has 29 heavy (non-hydrogen) atoms. The third-order valence-electron chi connectivity index (χ3n) is 4.64. The van der Waals surface area contributed by atoms with Gasteiger partial charge in [0.1, 0.15) is 11.4 Å². The van der Waals surface area contributed by atoms with Gasteiger partial charge in [0.05, 0.1) is 0 Å². The highest BCUT2D eigenvalue weighted by Crippen LogP contribution is 2.18. The van der Waals surface area contributed by atoms with Gasteiger partial charge < -0.3 is 19.3 Å². The van der Waals surface area contributed by atoms with Gasteiger partial charge in [0.25, 0.3) is 0 Å². The van der Waals surface area contributed by atoms with E-state index in [1.165, 1.54) is 12.8 Å². The summed E-state index contributed by atoms with van der Waals surface area (Å²) in [4.78, 5) is 27.7. The van der Waals surface area contributed by atoms with Crippen LogP contribution in [-0.4, -0.2) is 54.3 Å². The van der Waals surface area contributed by atoms with Crippen molar-refractivity contribution < 1.29 is 19.1 Å². The van der Waals surface area contributed by atoms with Gasteiger partial charge in [-0.1, -0.05) is 38.3 Å². The largest absolute Gasteiger partial charge is 0.444 e. The Kier molecular flexibility index (Phi) is 9.99. The molecular formula is C23H38N2O4. The van der Waals surface area contributed by atoms with Gasteiger partial charge in [0, 0.05) is 26.7 Å². The monoisotopic (exact) mass is 406 g/mol. The predicted octanol–water partition coefficient (Wildman–Crippen LogP) is 5.50. The van der Waals surface area contributed by atoms with Crippen molar-refractivity contribution in [2.75, 3.05) is 20.6 Å². The first kappa shape index (κ1) is 24.8. The maximum atomic E-state index is 12.3. The van der Waals surface area contributed by atoms with Crippen LogP contribution in [0.25, 0.3) is 0 Å². The molecular weight excluding hydrogens is 368 g/mol. The van der Waals surface area contributed by atoms with E-state index in [0.717, 1.165) is 18.4 Å². The lowest BCUT2D eigenvalue weighted by Gasteiger charge is -2.28. The molecule has 0 radical (unpaired) electrons. The van der Waals surface area contributed by atoms with Crippen LogP contribution in [0.4, 0.5) is 9.59 Å². The number of carbonyl (C=O) groups is 2. The minimum absolute atomic E-state index is 0.0583. The number of hydrogen-bond donors (Lipinski definition) is 0. The number of amides is 2. The molecule has 0 saturated heterocycles. The van der Waals surface area contributed by atoms with Gasteiger partial charge >= 0.3 is 12.2 Å². The Balaban J connectivity index is 2.61.